The topological polar surface area (TPSA) is 105 Å². The van der Waals surface area contributed by atoms with Crippen LogP contribution < -0.4 is 14.8 Å². The van der Waals surface area contributed by atoms with Crippen LogP contribution in [-0.2, 0) is 20.4 Å². The maximum absolute atomic E-state index is 14.0. The lowest BCUT2D eigenvalue weighted by Crippen LogP contribution is -2.36. The maximum Gasteiger partial charge on any atom is 0.324 e. The summed E-state index contributed by atoms with van der Waals surface area (Å²) in [6, 6.07) is 4.03. The molecule has 2 fully saturated rings. The van der Waals surface area contributed by atoms with Gasteiger partial charge in [-0.15, -0.1) is 0 Å². The Kier molecular flexibility index (Phi) is 7.00. The molecule has 0 radical (unpaired) electrons. The van der Waals surface area contributed by atoms with E-state index in [9.17, 15) is 22.4 Å². The van der Waals surface area contributed by atoms with Gasteiger partial charge >= 0.3 is 6.03 Å². The van der Waals surface area contributed by atoms with Crippen LogP contribution in [0.3, 0.4) is 0 Å². The summed E-state index contributed by atoms with van der Waals surface area (Å²) in [6.45, 7) is 4.55. The van der Waals surface area contributed by atoms with Crippen LogP contribution in [0.2, 0.25) is 0 Å². The first kappa shape index (κ1) is 23.2. The second-order valence-electron chi connectivity index (χ2n) is 8.35. The summed E-state index contributed by atoms with van der Waals surface area (Å²) >= 11 is 0. The smallest absolute Gasteiger partial charge is 0.324 e. The zero-order chi connectivity index (χ0) is 22.6. The first-order valence-electron chi connectivity index (χ1n) is 10.3. The third-order valence-corrected chi connectivity index (χ3v) is 6.55. The minimum Gasteiger partial charge on any atom is -0.490 e. The highest BCUT2D eigenvalue weighted by Gasteiger charge is 2.47. The highest BCUT2D eigenvalue weighted by molar-refractivity contribution is 7.89. The number of urea groups is 1. The summed E-state index contributed by atoms with van der Waals surface area (Å²) in [5.41, 5.74) is -0.0308. The minimum absolute atomic E-state index is 0.00604. The van der Waals surface area contributed by atoms with Crippen LogP contribution in [0.1, 0.15) is 38.7 Å². The summed E-state index contributed by atoms with van der Waals surface area (Å²) in [5.74, 6) is -0.567. The van der Waals surface area contributed by atoms with Crippen LogP contribution in [-0.4, -0.2) is 50.7 Å². The molecule has 0 unspecified atom stereocenters. The predicted octanol–water partition coefficient (Wildman–Crippen LogP) is 2.27. The number of amides is 3. The van der Waals surface area contributed by atoms with E-state index in [0.29, 0.717) is 25.0 Å². The lowest BCUT2D eigenvalue weighted by Gasteiger charge is -2.19. The third kappa shape index (κ3) is 6.27. The molecule has 170 valence electrons. The van der Waals surface area contributed by atoms with Crippen molar-refractivity contribution < 1.29 is 27.1 Å². The number of halogens is 1. The number of hydrogen-bond acceptors (Lipinski definition) is 5. The molecule has 1 aliphatic carbocycles. The second kappa shape index (κ2) is 9.35. The number of allylic oxidation sites excluding steroid dienone is 1. The van der Waals surface area contributed by atoms with Gasteiger partial charge < -0.3 is 9.64 Å². The lowest BCUT2D eigenvalue weighted by molar-refractivity contribution is -0.118. The molecule has 0 spiro atoms. The Morgan fingerprint density at radius 1 is 1.29 bits per heavy atom. The molecule has 1 saturated heterocycles. The fraction of sp³-hybridized carbons (Fsp3) is 0.524. The predicted molar refractivity (Wildman–Crippen MR) is 113 cm³/mol. The molecule has 8 nitrogen and oxygen atoms in total. The second-order valence-corrected chi connectivity index (χ2v) is 10.2. The van der Waals surface area contributed by atoms with Gasteiger partial charge in [-0.25, -0.2) is 22.3 Å². The van der Waals surface area contributed by atoms with Gasteiger partial charge in [-0.05, 0) is 42.9 Å². The first-order valence-corrected chi connectivity index (χ1v) is 11.9. The Bertz CT molecular complexity index is 973. The molecule has 1 aromatic rings. The number of sulfonamides is 1. The molecule has 2 N–H and O–H groups in total. The Hall–Kier alpha value is -2.46. The molecule has 2 aliphatic rings. The summed E-state index contributed by atoms with van der Waals surface area (Å²) in [4.78, 5) is 23.9. The molecular formula is C21H28FN3O5S. The van der Waals surface area contributed by atoms with E-state index in [1.54, 1.807) is 24.3 Å². The minimum atomic E-state index is -3.58. The molecule has 3 amide bonds. The Morgan fingerprint density at radius 3 is 2.65 bits per heavy atom. The molecule has 10 heteroatoms. The van der Waals surface area contributed by atoms with Gasteiger partial charge in [-0.2, -0.15) is 0 Å². The average Bonchev–Trinajstić information content (AvgIpc) is 3.37. The number of nitrogens with one attached hydrogen (secondary N) is 2. The quantitative estimate of drug-likeness (QED) is 0.395. The molecule has 0 atom stereocenters. The van der Waals surface area contributed by atoms with Gasteiger partial charge in [0, 0.05) is 6.54 Å². The fourth-order valence-electron chi connectivity index (χ4n) is 3.26. The van der Waals surface area contributed by atoms with Gasteiger partial charge in [0.05, 0.1) is 17.9 Å². The van der Waals surface area contributed by atoms with Crippen molar-refractivity contribution >= 4 is 22.0 Å². The number of carbonyl (C=O) groups is 2. The van der Waals surface area contributed by atoms with Crippen LogP contribution in [0.25, 0.3) is 0 Å². The Morgan fingerprint density at radius 2 is 2.03 bits per heavy atom. The number of hydrogen-bond donors (Lipinski definition) is 2. The van der Waals surface area contributed by atoms with Crippen LogP contribution in [0.4, 0.5) is 9.18 Å². The normalized spacial score (nSPS) is 18.1. The number of benzene rings is 1. The van der Waals surface area contributed by atoms with Gasteiger partial charge in [0.2, 0.25) is 15.9 Å². The van der Waals surface area contributed by atoms with E-state index < -0.39 is 27.4 Å². The van der Waals surface area contributed by atoms with Gasteiger partial charge in [0.25, 0.3) is 0 Å². The van der Waals surface area contributed by atoms with Crippen molar-refractivity contribution in [2.75, 3.05) is 25.4 Å². The van der Waals surface area contributed by atoms with Crippen molar-refractivity contribution in [3.8, 4) is 5.75 Å². The average molecular weight is 454 g/mol. The van der Waals surface area contributed by atoms with Crippen molar-refractivity contribution in [1.29, 1.82) is 0 Å². The fourth-order valence-corrected chi connectivity index (χ4v) is 4.73. The van der Waals surface area contributed by atoms with Crippen molar-refractivity contribution in [3.63, 3.8) is 0 Å². The number of nitrogens with zero attached hydrogens (tertiary/aromatic N) is 1. The SMILES string of the molecule is CC(C)COc1cc(C2(NS(=O)(=O)CC/C=C/CN3CC(=O)NC3=O)CC2)ccc1F. The monoisotopic (exact) mass is 453 g/mol. The van der Waals surface area contributed by atoms with Crippen LogP contribution in [0, 0.1) is 11.7 Å². The van der Waals surface area contributed by atoms with E-state index in [4.69, 9.17) is 4.74 Å². The summed E-state index contributed by atoms with van der Waals surface area (Å²) in [7, 11) is -3.58. The van der Waals surface area contributed by atoms with Crippen molar-refractivity contribution in [2.24, 2.45) is 5.92 Å². The highest BCUT2D eigenvalue weighted by atomic mass is 32.2. The molecule has 0 bridgehead atoms. The number of carbonyl (C=O) groups excluding carboxylic acids is 2. The van der Waals surface area contributed by atoms with Gasteiger partial charge in [-0.3, -0.25) is 10.1 Å². The van der Waals surface area contributed by atoms with Crippen molar-refractivity contribution in [1.82, 2.24) is 14.9 Å². The molecule has 1 heterocycles. The molecule has 1 saturated carbocycles. The molecule has 1 aliphatic heterocycles. The van der Waals surface area contributed by atoms with Crippen LogP contribution in [0.15, 0.2) is 30.4 Å². The summed E-state index contributed by atoms with van der Waals surface area (Å²) < 4.78 is 47.5. The van der Waals surface area contributed by atoms with E-state index in [0.717, 1.165) is 0 Å². The van der Waals surface area contributed by atoms with E-state index in [1.807, 2.05) is 13.8 Å². The van der Waals surface area contributed by atoms with E-state index in [-0.39, 0.29) is 42.8 Å². The number of ether oxygens (including phenoxy) is 1. The lowest BCUT2D eigenvalue weighted by atomic mass is 10.1. The summed E-state index contributed by atoms with van der Waals surface area (Å²) in [5, 5.41) is 2.18. The van der Waals surface area contributed by atoms with E-state index in [2.05, 4.69) is 10.0 Å². The highest BCUT2D eigenvalue weighted by Crippen LogP contribution is 2.47. The van der Waals surface area contributed by atoms with Gasteiger partial charge in [-0.1, -0.05) is 32.1 Å². The summed E-state index contributed by atoms with van der Waals surface area (Å²) in [6.07, 6.45) is 4.87. The Labute approximate surface area is 181 Å². The van der Waals surface area contributed by atoms with E-state index >= 15 is 0 Å². The zero-order valence-corrected chi connectivity index (χ0v) is 18.5. The van der Waals surface area contributed by atoms with Crippen molar-refractivity contribution in [3.05, 3.63) is 41.7 Å². The van der Waals surface area contributed by atoms with Crippen LogP contribution in [0.5, 0.6) is 5.75 Å². The third-order valence-electron chi connectivity index (χ3n) is 5.07. The number of rotatable bonds is 11. The standard InChI is InChI=1S/C21H28FN3O5S/c1-15(2)14-30-18-12-16(6-7-17(18)22)21(8-9-21)24-31(28,29)11-5-3-4-10-25-13-19(26)23-20(25)27/h3-4,6-7,12,15,24H,5,8-11,13-14H2,1-2H3,(H,23,26,27)/b4-3+. The largest absolute Gasteiger partial charge is 0.490 e. The van der Waals surface area contributed by atoms with Crippen LogP contribution >= 0.6 is 0 Å². The molecule has 1 aromatic carbocycles. The van der Waals surface area contributed by atoms with Crippen molar-refractivity contribution in [2.45, 2.75) is 38.6 Å². The zero-order valence-electron chi connectivity index (χ0n) is 17.7. The molecule has 0 aromatic heterocycles. The molecular weight excluding hydrogens is 425 g/mol. The maximum atomic E-state index is 14.0. The van der Waals surface area contributed by atoms with Gasteiger partial charge in [0.15, 0.2) is 11.6 Å². The first-order chi connectivity index (χ1) is 14.6. The Balaban J connectivity index is 1.54. The molecule has 3 rings (SSSR count). The number of imide groups is 1. The van der Waals surface area contributed by atoms with Gasteiger partial charge in [0.1, 0.15) is 6.54 Å². The molecule has 31 heavy (non-hydrogen) atoms. The van der Waals surface area contributed by atoms with E-state index in [1.165, 1.54) is 11.0 Å².